The van der Waals surface area contributed by atoms with Crippen molar-refractivity contribution in [2.45, 2.75) is 11.9 Å². The van der Waals surface area contributed by atoms with Crippen LogP contribution >= 0.6 is 23.1 Å². The Hall–Kier alpha value is -1.47. The van der Waals surface area contributed by atoms with Gasteiger partial charge in [0, 0.05) is 36.3 Å². The largest absolute Gasteiger partial charge is 0.379 e. The van der Waals surface area contributed by atoms with Crippen molar-refractivity contribution in [3.8, 4) is 11.1 Å². The van der Waals surface area contributed by atoms with Crippen LogP contribution in [0.4, 0.5) is 0 Å². The van der Waals surface area contributed by atoms with Crippen LogP contribution < -0.4 is 0 Å². The molecule has 1 aliphatic heterocycles. The van der Waals surface area contributed by atoms with Crippen LogP contribution in [0.25, 0.3) is 21.3 Å². The van der Waals surface area contributed by atoms with Crippen LogP contribution in [0.15, 0.2) is 40.7 Å². The third-order valence-electron chi connectivity index (χ3n) is 4.35. The number of aryl methyl sites for hydroxylation is 1. The Labute approximate surface area is 156 Å². The molecular formula is C19H21N3OS2. The number of benzene rings is 1. The molecule has 4 nitrogen and oxygen atoms in total. The molecule has 1 aliphatic rings. The molecule has 0 aliphatic carbocycles. The highest BCUT2D eigenvalue weighted by atomic mass is 32.2. The molecular weight excluding hydrogens is 350 g/mol. The molecule has 0 bridgehead atoms. The van der Waals surface area contributed by atoms with Crippen molar-refractivity contribution in [2.75, 3.05) is 38.6 Å². The van der Waals surface area contributed by atoms with Crippen LogP contribution in [0.1, 0.15) is 5.82 Å². The van der Waals surface area contributed by atoms with Crippen LogP contribution in [-0.2, 0) is 4.74 Å². The number of hydrogen-bond donors (Lipinski definition) is 0. The highest BCUT2D eigenvalue weighted by molar-refractivity contribution is 7.99. The molecule has 0 atom stereocenters. The number of morpholine rings is 1. The van der Waals surface area contributed by atoms with Crippen molar-refractivity contribution in [3.05, 3.63) is 41.5 Å². The standard InChI is InChI=1S/C19H21N3OS2/c1-14-20-18(24-12-9-22-7-10-23-11-8-22)17-16(13-25-19(17)21-14)15-5-3-2-4-6-15/h2-6,13H,7-12H2,1H3. The Morgan fingerprint density at radius 2 is 1.96 bits per heavy atom. The predicted molar refractivity (Wildman–Crippen MR) is 106 cm³/mol. The summed E-state index contributed by atoms with van der Waals surface area (Å²) >= 11 is 3.55. The summed E-state index contributed by atoms with van der Waals surface area (Å²) in [5.74, 6) is 1.89. The van der Waals surface area contributed by atoms with Gasteiger partial charge in [0.2, 0.25) is 0 Å². The molecule has 0 spiro atoms. The van der Waals surface area contributed by atoms with Gasteiger partial charge in [0.05, 0.1) is 18.6 Å². The molecule has 3 aromatic rings. The normalized spacial score (nSPS) is 15.7. The highest BCUT2D eigenvalue weighted by Gasteiger charge is 2.16. The van der Waals surface area contributed by atoms with Crippen molar-refractivity contribution < 1.29 is 4.74 Å². The minimum absolute atomic E-state index is 0.850. The Morgan fingerprint density at radius 1 is 1.16 bits per heavy atom. The van der Waals surface area contributed by atoms with Gasteiger partial charge < -0.3 is 4.74 Å². The molecule has 4 rings (SSSR count). The summed E-state index contributed by atoms with van der Waals surface area (Å²) in [4.78, 5) is 13.0. The Balaban J connectivity index is 1.59. The maximum atomic E-state index is 5.42. The van der Waals surface area contributed by atoms with E-state index in [2.05, 4.69) is 45.6 Å². The second kappa shape index (κ2) is 7.83. The summed E-state index contributed by atoms with van der Waals surface area (Å²) in [6.45, 7) is 6.82. The number of thioether (sulfide) groups is 1. The van der Waals surface area contributed by atoms with Gasteiger partial charge in [0.25, 0.3) is 0 Å². The molecule has 6 heteroatoms. The zero-order valence-corrected chi connectivity index (χ0v) is 15.9. The maximum absolute atomic E-state index is 5.42. The van der Waals surface area contributed by atoms with Gasteiger partial charge in [0.15, 0.2) is 0 Å². The zero-order chi connectivity index (χ0) is 17.1. The van der Waals surface area contributed by atoms with Crippen LogP contribution in [-0.4, -0.2) is 53.5 Å². The molecule has 0 N–H and O–H groups in total. The van der Waals surface area contributed by atoms with Crippen LogP contribution in [0, 0.1) is 6.92 Å². The van der Waals surface area contributed by atoms with E-state index in [4.69, 9.17) is 9.72 Å². The van der Waals surface area contributed by atoms with E-state index >= 15 is 0 Å². The van der Waals surface area contributed by atoms with Crippen molar-refractivity contribution in [1.29, 1.82) is 0 Å². The third-order valence-corrected chi connectivity index (χ3v) is 6.17. The second-order valence-electron chi connectivity index (χ2n) is 6.07. The molecule has 0 amide bonds. The number of rotatable bonds is 5. The van der Waals surface area contributed by atoms with Crippen LogP contribution in [0.3, 0.4) is 0 Å². The minimum atomic E-state index is 0.850. The molecule has 0 unspecified atom stereocenters. The van der Waals surface area contributed by atoms with E-state index in [1.165, 1.54) is 16.5 Å². The Bertz CT molecular complexity index is 845. The lowest BCUT2D eigenvalue weighted by Crippen LogP contribution is -2.37. The molecule has 25 heavy (non-hydrogen) atoms. The van der Waals surface area contributed by atoms with E-state index in [1.54, 1.807) is 11.3 Å². The first-order chi connectivity index (χ1) is 12.3. The third kappa shape index (κ3) is 3.87. The summed E-state index contributed by atoms with van der Waals surface area (Å²) in [7, 11) is 0. The fourth-order valence-electron chi connectivity index (χ4n) is 3.04. The molecule has 2 aromatic heterocycles. The van der Waals surface area contributed by atoms with Gasteiger partial charge in [-0.25, -0.2) is 9.97 Å². The smallest absolute Gasteiger partial charge is 0.128 e. The predicted octanol–water partition coefficient (Wildman–Crippen LogP) is 4.09. The van der Waals surface area contributed by atoms with Gasteiger partial charge in [-0.1, -0.05) is 30.3 Å². The number of ether oxygens (including phenoxy) is 1. The number of fused-ring (bicyclic) bond motifs is 1. The number of nitrogens with zero attached hydrogens (tertiary/aromatic N) is 3. The summed E-state index contributed by atoms with van der Waals surface area (Å²) in [5, 5.41) is 4.52. The fraction of sp³-hybridized carbons (Fsp3) is 0.368. The molecule has 1 saturated heterocycles. The van der Waals surface area contributed by atoms with Gasteiger partial charge in [-0.05, 0) is 12.5 Å². The topological polar surface area (TPSA) is 38.2 Å². The first-order valence-corrected chi connectivity index (χ1v) is 10.4. The Kier molecular flexibility index (Phi) is 5.31. The number of aromatic nitrogens is 2. The van der Waals surface area contributed by atoms with Crippen LogP contribution in [0.5, 0.6) is 0 Å². The van der Waals surface area contributed by atoms with Crippen molar-refractivity contribution in [3.63, 3.8) is 0 Å². The van der Waals surface area contributed by atoms with E-state index in [0.717, 1.165) is 54.3 Å². The van der Waals surface area contributed by atoms with E-state index in [0.29, 0.717) is 0 Å². The van der Waals surface area contributed by atoms with E-state index in [1.807, 2.05) is 18.7 Å². The average Bonchev–Trinajstić information content (AvgIpc) is 3.07. The quantitative estimate of drug-likeness (QED) is 0.499. The molecule has 0 saturated carbocycles. The minimum Gasteiger partial charge on any atom is -0.379 e. The zero-order valence-electron chi connectivity index (χ0n) is 14.3. The number of hydrogen-bond acceptors (Lipinski definition) is 6. The first-order valence-electron chi connectivity index (χ1n) is 8.55. The molecule has 1 aromatic carbocycles. The van der Waals surface area contributed by atoms with E-state index in [-0.39, 0.29) is 0 Å². The maximum Gasteiger partial charge on any atom is 0.128 e. The monoisotopic (exact) mass is 371 g/mol. The Morgan fingerprint density at radius 3 is 2.76 bits per heavy atom. The summed E-state index contributed by atoms with van der Waals surface area (Å²) in [5.41, 5.74) is 2.48. The van der Waals surface area contributed by atoms with Crippen molar-refractivity contribution in [2.24, 2.45) is 0 Å². The lowest BCUT2D eigenvalue weighted by atomic mass is 10.1. The highest BCUT2D eigenvalue weighted by Crippen LogP contribution is 2.38. The lowest BCUT2D eigenvalue weighted by Gasteiger charge is -2.26. The first kappa shape index (κ1) is 17.0. The van der Waals surface area contributed by atoms with Gasteiger partial charge in [-0.2, -0.15) is 0 Å². The molecule has 0 radical (unpaired) electrons. The molecule has 3 heterocycles. The van der Waals surface area contributed by atoms with Gasteiger partial charge in [0.1, 0.15) is 15.7 Å². The van der Waals surface area contributed by atoms with Crippen molar-refractivity contribution >= 4 is 33.3 Å². The van der Waals surface area contributed by atoms with Gasteiger partial charge in [-0.3, -0.25) is 4.90 Å². The summed E-state index contributed by atoms with van der Waals surface area (Å²) in [6, 6.07) is 10.5. The molecule has 130 valence electrons. The summed E-state index contributed by atoms with van der Waals surface area (Å²) < 4.78 is 5.42. The fourth-order valence-corrected chi connectivity index (χ4v) is 5.19. The SMILES string of the molecule is Cc1nc(SCCN2CCOCC2)c2c(-c3ccccc3)csc2n1. The molecule has 1 fully saturated rings. The lowest BCUT2D eigenvalue weighted by molar-refractivity contribution is 0.0410. The second-order valence-corrected chi connectivity index (χ2v) is 8.02. The average molecular weight is 372 g/mol. The van der Waals surface area contributed by atoms with Gasteiger partial charge >= 0.3 is 0 Å². The van der Waals surface area contributed by atoms with Crippen molar-refractivity contribution in [1.82, 2.24) is 14.9 Å². The number of thiophene rings is 1. The summed E-state index contributed by atoms with van der Waals surface area (Å²) in [6.07, 6.45) is 0. The van der Waals surface area contributed by atoms with Gasteiger partial charge in [-0.15, -0.1) is 23.1 Å². The van der Waals surface area contributed by atoms with E-state index < -0.39 is 0 Å². The van der Waals surface area contributed by atoms with Crippen LogP contribution in [0.2, 0.25) is 0 Å². The van der Waals surface area contributed by atoms with E-state index in [9.17, 15) is 0 Å².